The van der Waals surface area contributed by atoms with Crippen molar-refractivity contribution >= 4 is 33.2 Å². The van der Waals surface area contributed by atoms with E-state index < -0.39 is 33.4 Å². The lowest BCUT2D eigenvalue weighted by Gasteiger charge is -2.32. The van der Waals surface area contributed by atoms with Gasteiger partial charge in [-0.25, -0.2) is 8.42 Å². The minimum atomic E-state index is -4.23. The Morgan fingerprint density at radius 2 is 1.51 bits per heavy atom. The van der Waals surface area contributed by atoms with Crippen LogP contribution in [0.5, 0.6) is 0 Å². The molecule has 0 saturated carbocycles. The van der Waals surface area contributed by atoms with E-state index in [-0.39, 0.29) is 28.7 Å². The molecular formula is C26H28N4O6S. The molecule has 0 aliphatic carbocycles. The van der Waals surface area contributed by atoms with Gasteiger partial charge in [-0.05, 0) is 43.7 Å². The van der Waals surface area contributed by atoms with Crippen LogP contribution in [-0.4, -0.2) is 49.2 Å². The number of benzene rings is 3. The van der Waals surface area contributed by atoms with Crippen molar-refractivity contribution in [2.75, 3.05) is 17.4 Å². The van der Waals surface area contributed by atoms with Gasteiger partial charge in [0.05, 0.1) is 15.5 Å². The molecule has 10 nitrogen and oxygen atoms in total. The number of hydrogen-bond donors (Lipinski definition) is 1. The summed E-state index contributed by atoms with van der Waals surface area (Å²) < 4.78 is 28.1. The lowest BCUT2D eigenvalue weighted by Crippen LogP contribution is -2.51. The largest absolute Gasteiger partial charge is 0.355 e. The fraction of sp³-hybridized carbons (Fsp3) is 0.231. The second-order valence-corrected chi connectivity index (χ2v) is 10.0. The molecule has 1 N–H and O–H groups in total. The van der Waals surface area contributed by atoms with E-state index in [1.807, 2.05) is 6.07 Å². The Labute approximate surface area is 215 Å². The number of amides is 2. The van der Waals surface area contributed by atoms with E-state index in [0.717, 1.165) is 9.87 Å². The van der Waals surface area contributed by atoms with Gasteiger partial charge in [0, 0.05) is 25.2 Å². The second kappa shape index (κ2) is 12.1. The maximum absolute atomic E-state index is 13.7. The van der Waals surface area contributed by atoms with Crippen LogP contribution in [0.1, 0.15) is 19.4 Å². The van der Waals surface area contributed by atoms with Gasteiger partial charge in [-0.2, -0.15) is 0 Å². The summed E-state index contributed by atoms with van der Waals surface area (Å²) in [7, 11) is -4.23. The van der Waals surface area contributed by atoms with Crippen LogP contribution in [0.4, 0.5) is 11.4 Å². The summed E-state index contributed by atoms with van der Waals surface area (Å²) in [5.74, 6) is -0.986. The Morgan fingerprint density at radius 3 is 2.05 bits per heavy atom. The molecule has 3 aromatic carbocycles. The summed E-state index contributed by atoms with van der Waals surface area (Å²) in [6, 6.07) is 20.6. The van der Waals surface area contributed by atoms with Crippen molar-refractivity contribution in [1.29, 1.82) is 0 Å². The number of non-ortho nitro benzene ring substituents is 1. The van der Waals surface area contributed by atoms with Crippen LogP contribution in [0, 0.1) is 10.1 Å². The van der Waals surface area contributed by atoms with Gasteiger partial charge < -0.3 is 10.2 Å². The number of anilines is 1. The van der Waals surface area contributed by atoms with Crippen molar-refractivity contribution in [2.45, 2.75) is 31.3 Å². The first-order valence-electron chi connectivity index (χ1n) is 11.6. The number of likely N-dealkylation sites (N-methyl/N-ethyl adjacent to an activating group) is 1. The van der Waals surface area contributed by atoms with E-state index >= 15 is 0 Å². The van der Waals surface area contributed by atoms with E-state index in [2.05, 4.69) is 5.32 Å². The Bertz CT molecular complexity index is 1330. The highest BCUT2D eigenvalue weighted by atomic mass is 32.2. The van der Waals surface area contributed by atoms with E-state index in [1.165, 1.54) is 41.3 Å². The molecule has 0 aromatic heterocycles. The Morgan fingerprint density at radius 1 is 0.946 bits per heavy atom. The third-order valence-electron chi connectivity index (χ3n) is 5.67. The zero-order chi connectivity index (χ0) is 27.0. The molecule has 37 heavy (non-hydrogen) atoms. The number of nitro groups is 1. The maximum Gasteiger partial charge on any atom is 0.269 e. The van der Waals surface area contributed by atoms with Gasteiger partial charge in [0.2, 0.25) is 11.8 Å². The minimum Gasteiger partial charge on any atom is -0.355 e. The van der Waals surface area contributed by atoms with E-state index in [0.29, 0.717) is 6.54 Å². The highest BCUT2D eigenvalue weighted by Gasteiger charge is 2.32. The number of sulfonamides is 1. The maximum atomic E-state index is 13.7. The molecule has 1 atom stereocenters. The van der Waals surface area contributed by atoms with Crippen molar-refractivity contribution in [3.63, 3.8) is 0 Å². The summed E-state index contributed by atoms with van der Waals surface area (Å²) in [6.45, 7) is 3.17. The van der Waals surface area contributed by atoms with Gasteiger partial charge in [-0.15, -0.1) is 0 Å². The molecule has 0 bridgehead atoms. The Balaban J connectivity index is 2.02. The highest BCUT2D eigenvalue weighted by Crippen LogP contribution is 2.26. The summed E-state index contributed by atoms with van der Waals surface area (Å²) in [6.07, 6.45) is 0. The highest BCUT2D eigenvalue weighted by molar-refractivity contribution is 7.92. The van der Waals surface area contributed by atoms with Crippen molar-refractivity contribution in [3.05, 3.63) is 101 Å². The number of nitrogens with one attached hydrogen (secondary N) is 1. The fourth-order valence-electron chi connectivity index (χ4n) is 3.67. The molecule has 0 unspecified atom stereocenters. The summed E-state index contributed by atoms with van der Waals surface area (Å²) in [5.41, 5.74) is 0.621. The number of rotatable bonds is 11. The molecule has 0 spiro atoms. The van der Waals surface area contributed by atoms with E-state index in [1.54, 1.807) is 56.3 Å². The van der Waals surface area contributed by atoms with Gasteiger partial charge in [0.25, 0.3) is 15.7 Å². The first-order chi connectivity index (χ1) is 17.6. The summed E-state index contributed by atoms with van der Waals surface area (Å²) in [4.78, 5) is 38.1. The zero-order valence-electron chi connectivity index (χ0n) is 20.5. The predicted molar refractivity (Wildman–Crippen MR) is 139 cm³/mol. The average molecular weight is 525 g/mol. The molecule has 0 aliphatic rings. The van der Waals surface area contributed by atoms with Crippen molar-refractivity contribution in [3.8, 4) is 0 Å². The Kier molecular flexibility index (Phi) is 8.96. The number of carbonyl (C=O) groups is 2. The third kappa shape index (κ3) is 6.70. The standard InChI is InChI=1S/C26H28N4O6S/c1-3-27-26(32)20(2)28(18-21-10-6-4-7-11-21)25(31)19-29(22-14-16-23(17-15-22)30(33)34)37(35,36)24-12-8-5-9-13-24/h4-17,20H,3,18-19H2,1-2H3,(H,27,32)/t20-/m0/s1. The van der Waals surface area contributed by atoms with Crippen molar-refractivity contribution in [2.24, 2.45) is 0 Å². The van der Waals surface area contributed by atoms with Crippen LogP contribution < -0.4 is 9.62 Å². The lowest BCUT2D eigenvalue weighted by molar-refractivity contribution is -0.384. The summed E-state index contributed by atoms with van der Waals surface area (Å²) in [5, 5.41) is 13.8. The molecule has 0 radical (unpaired) electrons. The van der Waals surface area contributed by atoms with Gasteiger partial charge >= 0.3 is 0 Å². The predicted octanol–water partition coefficient (Wildman–Crippen LogP) is 3.34. The summed E-state index contributed by atoms with van der Waals surface area (Å²) >= 11 is 0. The van der Waals surface area contributed by atoms with Crippen LogP contribution in [0.15, 0.2) is 89.8 Å². The van der Waals surface area contributed by atoms with E-state index in [4.69, 9.17) is 0 Å². The number of nitro benzene ring substituents is 1. The molecule has 2 amide bonds. The average Bonchev–Trinajstić information content (AvgIpc) is 2.91. The van der Waals surface area contributed by atoms with Gasteiger partial charge in [0.1, 0.15) is 12.6 Å². The van der Waals surface area contributed by atoms with Crippen molar-refractivity contribution < 1.29 is 22.9 Å². The molecule has 11 heteroatoms. The van der Waals surface area contributed by atoms with Crippen molar-refractivity contribution in [1.82, 2.24) is 10.2 Å². The smallest absolute Gasteiger partial charge is 0.269 e. The van der Waals surface area contributed by atoms with Gasteiger partial charge in [-0.3, -0.25) is 24.0 Å². The first-order valence-corrected chi connectivity index (χ1v) is 13.0. The van der Waals surface area contributed by atoms with Gasteiger partial charge in [-0.1, -0.05) is 48.5 Å². The molecule has 0 aliphatic heterocycles. The molecule has 0 heterocycles. The topological polar surface area (TPSA) is 130 Å². The number of hydrogen-bond acceptors (Lipinski definition) is 6. The fourth-order valence-corrected chi connectivity index (χ4v) is 5.11. The quantitative estimate of drug-likeness (QED) is 0.302. The van der Waals surface area contributed by atoms with E-state index in [9.17, 15) is 28.1 Å². The SMILES string of the molecule is CCNC(=O)[C@H](C)N(Cc1ccccc1)C(=O)CN(c1ccc([N+](=O)[O-])cc1)S(=O)(=O)c1ccccc1. The monoisotopic (exact) mass is 524 g/mol. The van der Waals surface area contributed by atoms with Gasteiger partial charge in [0.15, 0.2) is 0 Å². The Hall–Kier alpha value is -4.25. The number of nitrogens with zero attached hydrogens (tertiary/aromatic N) is 3. The number of carbonyl (C=O) groups excluding carboxylic acids is 2. The van der Waals surface area contributed by atoms with Crippen LogP contribution >= 0.6 is 0 Å². The van der Waals surface area contributed by atoms with Crippen LogP contribution in [0.2, 0.25) is 0 Å². The lowest BCUT2D eigenvalue weighted by atomic mass is 10.1. The molecular weight excluding hydrogens is 496 g/mol. The van der Waals surface area contributed by atoms with Crippen LogP contribution in [0.3, 0.4) is 0 Å². The first kappa shape index (κ1) is 27.3. The molecule has 194 valence electrons. The molecule has 0 saturated heterocycles. The third-order valence-corrected chi connectivity index (χ3v) is 7.46. The minimum absolute atomic E-state index is 0.0486. The van der Waals surface area contributed by atoms with Crippen LogP contribution in [0.25, 0.3) is 0 Å². The molecule has 3 rings (SSSR count). The molecule has 3 aromatic rings. The second-order valence-electron chi connectivity index (χ2n) is 8.18. The van der Waals surface area contributed by atoms with Crippen LogP contribution in [-0.2, 0) is 26.2 Å². The molecule has 0 fully saturated rings. The zero-order valence-corrected chi connectivity index (χ0v) is 21.3. The normalized spacial score (nSPS) is 11.8.